The van der Waals surface area contributed by atoms with E-state index in [1.807, 2.05) is 36.4 Å². The summed E-state index contributed by atoms with van der Waals surface area (Å²) in [6, 6.07) is 13.5. The molecule has 4 rings (SSSR count). The highest BCUT2D eigenvalue weighted by molar-refractivity contribution is 6.05. The predicted octanol–water partition coefficient (Wildman–Crippen LogP) is 2.31. The number of nitrogens with one attached hydrogen (secondary N) is 2. The molecule has 2 unspecified atom stereocenters. The summed E-state index contributed by atoms with van der Waals surface area (Å²) in [5.41, 5.74) is 3.85. The van der Waals surface area contributed by atoms with Crippen LogP contribution in [0, 0.1) is 5.92 Å². The maximum atomic E-state index is 12.3. The van der Waals surface area contributed by atoms with Gasteiger partial charge in [-0.2, -0.15) is 0 Å². The van der Waals surface area contributed by atoms with Gasteiger partial charge in [-0.25, -0.2) is 4.79 Å². The van der Waals surface area contributed by atoms with Crippen LogP contribution in [0.15, 0.2) is 42.5 Å². The van der Waals surface area contributed by atoms with E-state index in [0.717, 1.165) is 16.7 Å². The SMILES string of the molecule is COC(=O)c1cc(-c2ccccc2)cc2c1NCC2C1CC(=O)NC1=O. The first-order chi connectivity index (χ1) is 12.6. The minimum atomic E-state index is -0.431. The van der Waals surface area contributed by atoms with Crippen LogP contribution in [-0.2, 0) is 14.3 Å². The second-order valence-electron chi connectivity index (χ2n) is 6.56. The van der Waals surface area contributed by atoms with Gasteiger partial charge in [0.05, 0.1) is 24.3 Å². The lowest BCUT2D eigenvalue weighted by molar-refractivity contribution is -0.126. The van der Waals surface area contributed by atoms with Gasteiger partial charge in [0.1, 0.15) is 0 Å². The number of esters is 1. The molecule has 2 N–H and O–H groups in total. The molecule has 132 valence electrons. The summed E-state index contributed by atoms with van der Waals surface area (Å²) in [6.07, 6.45) is 0.174. The fraction of sp³-hybridized carbons (Fsp3) is 0.250. The molecule has 2 amide bonds. The molecule has 2 aromatic carbocycles. The van der Waals surface area contributed by atoms with Gasteiger partial charge in [0.15, 0.2) is 0 Å². The van der Waals surface area contributed by atoms with Gasteiger partial charge in [0.2, 0.25) is 11.8 Å². The van der Waals surface area contributed by atoms with Crippen molar-refractivity contribution < 1.29 is 19.1 Å². The third-order valence-corrected chi connectivity index (χ3v) is 5.07. The molecule has 26 heavy (non-hydrogen) atoms. The van der Waals surface area contributed by atoms with E-state index in [2.05, 4.69) is 10.6 Å². The molecule has 1 fully saturated rings. The number of benzene rings is 2. The topological polar surface area (TPSA) is 84.5 Å². The molecule has 0 bridgehead atoms. The molecule has 0 saturated carbocycles. The molecule has 6 nitrogen and oxygen atoms in total. The van der Waals surface area contributed by atoms with Crippen LogP contribution in [0.1, 0.15) is 28.3 Å². The number of fused-ring (bicyclic) bond motifs is 1. The molecule has 2 atom stereocenters. The van der Waals surface area contributed by atoms with E-state index >= 15 is 0 Å². The van der Waals surface area contributed by atoms with Crippen molar-refractivity contribution in [3.63, 3.8) is 0 Å². The number of imide groups is 1. The zero-order valence-corrected chi connectivity index (χ0v) is 14.2. The van der Waals surface area contributed by atoms with Crippen molar-refractivity contribution in [1.82, 2.24) is 5.32 Å². The van der Waals surface area contributed by atoms with Gasteiger partial charge in [0, 0.05) is 18.9 Å². The zero-order chi connectivity index (χ0) is 18.3. The van der Waals surface area contributed by atoms with Crippen molar-refractivity contribution in [1.29, 1.82) is 0 Å². The van der Waals surface area contributed by atoms with Crippen molar-refractivity contribution in [3.8, 4) is 11.1 Å². The highest BCUT2D eigenvalue weighted by atomic mass is 16.5. The van der Waals surface area contributed by atoms with E-state index < -0.39 is 11.9 Å². The number of anilines is 1. The summed E-state index contributed by atoms with van der Waals surface area (Å²) in [5, 5.41) is 5.61. The quantitative estimate of drug-likeness (QED) is 0.655. The van der Waals surface area contributed by atoms with Crippen molar-refractivity contribution in [2.45, 2.75) is 12.3 Å². The molecule has 0 aromatic heterocycles. The Kier molecular flexibility index (Phi) is 3.95. The summed E-state index contributed by atoms with van der Waals surface area (Å²) in [4.78, 5) is 36.1. The molecule has 0 aliphatic carbocycles. The average Bonchev–Trinajstić information content (AvgIpc) is 3.23. The molecule has 0 spiro atoms. The fourth-order valence-corrected chi connectivity index (χ4v) is 3.80. The van der Waals surface area contributed by atoms with Crippen molar-refractivity contribution in [2.75, 3.05) is 19.0 Å². The van der Waals surface area contributed by atoms with Gasteiger partial charge < -0.3 is 10.1 Å². The van der Waals surface area contributed by atoms with Gasteiger partial charge in [-0.15, -0.1) is 0 Å². The summed E-state index contributed by atoms with van der Waals surface area (Å²) in [6.45, 7) is 0.503. The first-order valence-corrected chi connectivity index (χ1v) is 8.47. The number of carbonyl (C=O) groups is 3. The Hall–Kier alpha value is -3.15. The Morgan fingerprint density at radius 2 is 1.85 bits per heavy atom. The third kappa shape index (κ3) is 2.63. The fourth-order valence-electron chi connectivity index (χ4n) is 3.80. The van der Waals surface area contributed by atoms with Crippen molar-refractivity contribution in [2.24, 2.45) is 5.92 Å². The van der Waals surface area contributed by atoms with Crippen molar-refractivity contribution in [3.05, 3.63) is 53.6 Å². The summed E-state index contributed by atoms with van der Waals surface area (Å²) >= 11 is 0. The number of hydrogen-bond acceptors (Lipinski definition) is 5. The van der Waals surface area contributed by atoms with E-state index in [1.165, 1.54) is 7.11 Å². The summed E-state index contributed by atoms with van der Waals surface area (Å²) in [7, 11) is 1.35. The Morgan fingerprint density at radius 1 is 1.08 bits per heavy atom. The molecular formula is C20H18N2O4. The Morgan fingerprint density at radius 3 is 2.50 bits per heavy atom. The van der Waals surface area contributed by atoms with Gasteiger partial charge >= 0.3 is 5.97 Å². The Balaban J connectivity index is 1.84. The van der Waals surface area contributed by atoms with E-state index in [4.69, 9.17) is 4.74 Å². The van der Waals surface area contributed by atoms with E-state index in [-0.39, 0.29) is 24.2 Å². The lowest BCUT2D eigenvalue weighted by Gasteiger charge is -2.17. The van der Waals surface area contributed by atoms with E-state index in [9.17, 15) is 14.4 Å². The van der Waals surface area contributed by atoms with E-state index in [0.29, 0.717) is 17.8 Å². The van der Waals surface area contributed by atoms with Crippen LogP contribution >= 0.6 is 0 Å². The van der Waals surface area contributed by atoms with Gasteiger partial charge in [-0.3, -0.25) is 14.9 Å². The second-order valence-corrected chi connectivity index (χ2v) is 6.56. The number of carbonyl (C=O) groups excluding carboxylic acids is 3. The summed E-state index contributed by atoms with van der Waals surface area (Å²) in [5.74, 6) is -1.52. The smallest absolute Gasteiger partial charge is 0.339 e. The third-order valence-electron chi connectivity index (χ3n) is 5.07. The highest BCUT2D eigenvalue weighted by Gasteiger charge is 2.41. The number of amides is 2. The Labute approximate surface area is 150 Å². The minimum absolute atomic E-state index is 0.163. The first kappa shape index (κ1) is 16.3. The van der Waals surface area contributed by atoms with Crippen LogP contribution in [0.4, 0.5) is 5.69 Å². The van der Waals surface area contributed by atoms with Crippen LogP contribution < -0.4 is 10.6 Å². The zero-order valence-electron chi connectivity index (χ0n) is 14.2. The maximum absolute atomic E-state index is 12.3. The lowest BCUT2D eigenvalue weighted by Crippen LogP contribution is -2.26. The summed E-state index contributed by atoms with van der Waals surface area (Å²) < 4.78 is 4.94. The molecule has 2 aliphatic heterocycles. The second kappa shape index (κ2) is 6.29. The van der Waals surface area contributed by atoms with Crippen LogP contribution in [-0.4, -0.2) is 31.4 Å². The Bertz CT molecular complexity index is 908. The van der Waals surface area contributed by atoms with Crippen LogP contribution in [0.25, 0.3) is 11.1 Å². The highest BCUT2D eigenvalue weighted by Crippen LogP contribution is 2.43. The number of methoxy groups -OCH3 is 1. The van der Waals surface area contributed by atoms with E-state index in [1.54, 1.807) is 6.07 Å². The monoisotopic (exact) mass is 350 g/mol. The largest absolute Gasteiger partial charge is 0.465 e. The molecule has 2 heterocycles. The minimum Gasteiger partial charge on any atom is -0.465 e. The molecule has 6 heteroatoms. The van der Waals surface area contributed by atoms with Gasteiger partial charge in [0.25, 0.3) is 0 Å². The average molecular weight is 350 g/mol. The van der Waals surface area contributed by atoms with Crippen molar-refractivity contribution >= 4 is 23.5 Å². The van der Waals surface area contributed by atoms with Gasteiger partial charge in [-0.05, 0) is 28.8 Å². The lowest BCUT2D eigenvalue weighted by atomic mass is 9.84. The van der Waals surface area contributed by atoms with Crippen LogP contribution in [0.5, 0.6) is 0 Å². The number of rotatable bonds is 3. The van der Waals surface area contributed by atoms with Crippen LogP contribution in [0.2, 0.25) is 0 Å². The molecule has 0 radical (unpaired) electrons. The van der Waals surface area contributed by atoms with Gasteiger partial charge in [-0.1, -0.05) is 30.3 Å². The molecule has 2 aliphatic rings. The normalized spacial score (nSPS) is 21.1. The molecular weight excluding hydrogens is 332 g/mol. The standard InChI is InChI=1S/C20H18N2O4/c1-26-20(25)15-8-12(11-5-3-2-4-6-11)7-13-16(10-21-18(13)15)14-9-17(23)22-19(14)24/h2-8,14,16,21H,9-10H2,1H3,(H,22,23,24). The first-order valence-electron chi connectivity index (χ1n) is 8.47. The molecule has 1 saturated heterocycles. The maximum Gasteiger partial charge on any atom is 0.339 e. The number of ether oxygens (including phenoxy) is 1. The predicted molar refractivity (Wildman–Crippen MR) is 95.7 cm³/mol. The number of hydrogen-bond donors (Lipinski definition) is 2. The van der Waals surface area contributed by atoms with Crippen LogP contribution in [0.3, 0.4) is 0 Å². The molecule has 2 aromatic rings.